The Bertz CT molecular complexity index is 662. The van der Waals surface area contributed by atoms with E-state index in [-0.39, 0.29) is 18.9 Å². The minimum Gasteiger partial charge on any atom is -0.341 e. The Labute approximate surface area is 137 Å². The highest BCUT2D eigenvalue weighted by Crippen LogP contribution is 2.23. The van der Waals surface area contributed by atoms with Gasteiger partial charge in [-0.25, -0.2) is 13.6 Å². The van der Waals surface area contributed by atoms with Crippen LogP contribution in [0, 0.1) is 5.92 Å². The SMILES string of the molecule is NS(=O)(=O)C1CC(=O)N(CC2CCN(Cc3ccccc3)C2)C1. The van der Waals surface area contributed by atoms with Crippen LogP contribution >= 0.6 is 0 Å². The minimum absolute atomic E-state index is 0.0271. The Kier molecular flexibility index (Phi) is 4.70. The topological polar surface area (TPSA) is 83.7 Å². The molecule has 2 saturated heterocycles. The third-order valence-corrected chi connectivity index (χ3v) is 5.99. The van der Waals surface area contributed by atoms with Crippen molar-refractivity contribution < 1.29 is 13.2 Å². The zero-order chi connectivity index (χ0) is 16.4. The van der Waals surface area contributed by atoms with E-state index in [2.05, 4.69) is 17.0 Å². The highest BCUT2D eigenvalue weighted by Gasteiger charge is 2.38. The molecule has 2 aliphatic rings. The van der Waals surface area contributed by atoms with Crippen LogP contribution in [0.25, 0.3) is 0 Å². The van der Waals surface area contributed by atoms with Gasteiger partial charge in [-0.15, -0.1) is 0 Å². The van der Waals surface area contributed by atoms with Crippen molar-refractivity contribution in [3.05, 3.63) is 35.9 Å². The fourth-order valence-corrected chi connectivity index (χ4v) is 4.25. The van der Waals surface area contributed by atoms with Crippen molar-refractivity contribution in [2.75, 3.05) is 26.2 Å². The van der Waals surface area contributed by atoms with Crippen molar-refractivity contribution in [2.24, 2.45) is 11.1 Å². The quantitative estimate of drug-likeness (QED) is 0.843. The Hall–Kier alpha value is -1.44. The van der Waals surface area contributed by atoms with Crippen molar-refractivity contribution in [3.63, 3.8) is 0 Å². The number of hydrogen-bond donors (Lipinski definition) is 1. The smallest absolute Gasteiger partial charge is 0.224 e. The normalized spacial score (nSPS) is 26.1. The summed E-state index contributed by atoms with van der Waals surface area (Å²) in [6.07, 6.45) is 1.07. The molecule has 2 atom stereocenters. The van der Waals surface area contributed by atoms with Crippen LogP contribution in [0.2, 0.25) is 0 Å². The van der Waals surface area contributed by atoms with E-state index in [4.69, 9.17) is 5.14 Å². The molecule has 0 spiro atoms. The largest absolute Gasteiger partial charge is 0.341 e. The Balaban J connectivity index is 1.51. The molecule has 0 bridgehead atoms. The molecule has 0 saturated carbocycles. The molecule has 23 heavy (non-hydrogen) atoms. The maximum absolute atomic E-state index is 12.0. The average molecular weight is 337 g/mol. The average Bonchev–Trinajstić information content (AvgIpc) is 3.08. The van der Waals surface area contributed by atoms with Gasteiger partial charge in [0.05, 0.1) is 0 Å². The third-order valence-electron chi connectivity index (χ3n) is 4.74. The van der Waals surface area contributed by atoms with Gasteiger partial charge in [0.25, 0.3) is 0 Å². The van der Waals surface area contributed by atoms with E-state index in [0.717, 1.165) is 26.1 Å². The molecule has 126 valence electrons. The first-order valence-electron chi connectivity index (χ1n) is 7.97. The maximum Gasteiger partial charge on any atom is 0.224 e. The van der Waals surface area contributed by atoms with Crippen molar-refractivity contribution >= 4 is 15.9 Å². The number of nitrogens with zero attached hydrogens (tertiary/aromatic N) is 2. The van der Waals surface area contributed by atoms with Gasteiger partial charge >= 0.3 is 0 Å². The van der Waals surface area contributed by atoms with Gasteiger partial charge in [0.1, 0.15) is 5.25 Å². The zero-order valence-electron chi connectivity index (χ0n) is 13.1. The molecule has 0 radical (unpaired) electrons. The lowest BCUT2D eigenvalue weighted by Crippen LogP contribution is -2.35. The van der Waals surface area contributed by atoms with Crippen LogP contribution in [-0.2, 0) is 21.4 Å². The summed E-state index contributed by atoms with van der Waals surface area (Å²) in [4.78, 5) is 16.0. The summed E-state index contributed by atoms with van der Waals surface area (Å²) < 4.78 is 22.8. The van der Waals surface area contributed by atoms with Gasteiger partial charge in [-0.3, -0.25) is 9.69 Å². The molecule has 7 heteroatoms. The van der Waals surface area contributed by atoms with Gasteiger partial charge < -0.3 is 4.90 Å². The maximum atomic E-state index is 12.0. The molecule has 2 aliphatic heterocycles. The van der Waals surface area contributed by atoms with Gasteiger partial charge in [0.15, 0.2) is 0 Å². The number of hydrogen-bond acceptors (Lipinski definition) is 4. The first-order chi connectivity index (χ1) is 10.9. The molecule has 2 N–H and O–H groups in total. The molecule has 6 nitrogen and oxygen atoms in total. The molecular formula is C16H23N3O3S. The fourth-order valence-electron chi connectivity index (χ4n) is 3.49. The number of carbonyl (C=O) groups excluding carboxylic acids is 1. The summed E-state index contributed by atoms with van der Waals surface area (Å²) in [6, 6.07) is 10.3. The highest BCUT2D eigenvalue weighted by molar-refractivity contribution is 7.89. The second-order valence-corrected chi connectivity index (χ2v) is 8.43. The van der Waals surface area contributed by atoms with Gasteiger partial charge in [0.2, 0.25) is 15.9 Å². The number of rotatable bonds is 5. The zero-order valence-corrected chi connectivity index (χ0v) is 13.9. The molecule has 3 rings (SSSR count). The number of carbonyl (C=O) groups is 1. The van der Waals surface area contributed by atoms with E-state index >= 15 is 0 Å². The van der Waals surface area contributed by atoms with Gasteiger partial charge in [-0.1, -0.05) is 30.3 Å². The summed E-state index contributed by atoms with van der Waals surface area (Å²) in [5, 5.41) is 4.43. The van der Waals surface area contributed by atoms with Crippen molar-refractivity contribution in [2.45, 2.75) is 24.6 Å². The van der Waals surface area contributed by atoms with Gasteiger partial charge in [0, 0.05) is 32.6 Å². The van der Waals surface area contributed by atoms with E-state index in [1.54, 1.807) is 4.90 Å². The molecular weight excluding hydrogens is 314 g/mol. The number of primary sulfonamides is 1. The van der Waals surface area contributed by atoms with Crippen molar-refractivity contribution in [3.8, 4) is 0 Å². The van der Waals surface area contributed by atoms with E-state index in [1.807, 2.05) is 18.2 Å². The molecule has 0 aromatic heterocycles. The van der Waals surface area contributed by atoms with E-state index in [1.165, 1.54) is 5.56 Å². The van der Waals surface area contributed by atoms with Crippen LogP contribution in [0.3, 0.4) is 0 Å². The lowest BCUT2D eigenvalue weighted by molar-refractivity contribution is -0.128. The predicted molar refractivity (Wildman–Crippen MR) is 87.9 cm³/mol. The molecule has 2 heterocycles. The van der Waals surface area contributed by atoms with E-state index in [0.29, 0.717) is 12.5 Å². The predicted octanol–water partition coefficient (Wildman–Crippen LogP) is 0.398. The summed E-state index contributed by atoms with van der Waals surface area (Å²) >= 11 is 0. The van der Waals surface area contributed by atoms with Crippen LogP contribution in [0.4, 0.5) is 0 Å². The molecule has 1 aromatic carbocycles. The summed E-state index contributed by atoms with van der Waals surface area (Å²) in [7, 11) is -3.63. The van der Waals surface area contributed by atoms with E-state index in [9.17, 15) is 13.2 Å². The van der Waals surface area contributed by atoms with Crippen LogP contribution < -0.4 is 5.14 Å². The van der Waals surface area contributed by atoms with Gasteiger partial charge in [-0.2, -0.15) is 0 Å². The second kappa shape index (κ2) is 6.59. The molecule has 2 unspecified atom stereocenters. The second-order valence-electron chi connectivity index (χ2n) is 6.59. The number of likely N-dealkylation sites (tertiary alicyclic amines) is 2. The van der Waals surface area contributed by atoms with E-state index < -0.39 is 15.3 Å². The molecule has 0 aliphatic carbocycles. The number of sulfonamides is 1. The Morgan fingerprint density at radius 3 is 2.57 bits per heavy atom. The van der Waals surface area contributed by atoms with Crippen molar-refractivity contribution in [1.29, 1.82) is 0 Å². The monoisotopic (exact) mass is 337 g/mol. The lowest BCUT2D eigenvalue weighted by atomic mass is 10.1. The van der Waals surface area contributed by atoms with Crippen molar-refractivity contribution in [1.82, 2.24) is 9.80 Å². The third kappa shape index (κ3) is 4.10. The lowest BCUT2D eigenvalue weighted by Gasteiger charge is -2.21. The molecule has 1 aromatic rings. The van der Waals surface area contributed by atoms with Crippen LogP contribution in [0.15, 0.2) is 30.3 Å². The molecule has 2 fully saturated rings. The summed E-state index contributed by atoms with van der Waals surface area (Å²) in [5.41, 5.74) is 1.29. The number of nitrogens with two attached hydrogens (primary N) is 1. The van der Waals surface area contributed by atoms with Crippen LogP contribution in [-0.4, -0.2) is 55.6 Å². The molecule has 1 amide bonds. The minimum atomic E-state index is -3.63. The summed E-state index contributed by atoms with van der Waals surface area (Å²) in [5.74, 6) is 0.312. The highest BCUT2D eigenvalue weighted by atomic mass is 32.2. The first-order valence-corrected chi connectivity index (χ1v) is 9.58. The number of benzene rings is 1. The standard InChI is InChI=1S/C16H23N3O3S/c17-23(21,22)15-8-16(20)19(12-15)11-14-6-7-18(10-14)9-13-4-2-1-3-5-13/h1-5,14-15H,6-12H2,(H2,17,21,22). The fraction of sp³-hybridized carbons (Fsp3) is 0.562. The Morgan fingerprint density at radius 1 is 1.17 bits per heavy atom. The van der Waals surface area contributed by atoms with Gasteiger partial charge in [-0.05, 0) is 24.4 Å². The van der Waals surface area contributed by atoms with Crippen LogP contribution in [0.5, 0.6) is 0 Å². The summed E-state index contributed by atoms with van der Waals surface area (Å²) in [6.45, 7) is 3.76. The Morgan fingerprint density at radius 2 is 1.91 bits per heavy atom. The number of amides is 1. The first kappa shape index (κ1) is 16.4. The van der Waals surface area contributed by atoms with Crippen LogP contribution in [0.1, 0.15) is 18.4 Å².